The minimum absolute atomic E-state index is 0.692. The summed E-state index contributed by atoms with van der Waals surface area (Å²) in [6, 6.07) is 0. The summed E-state index contributed by atoms with van der Waals surface area (Å²) < 4.78 is 0.692. The lowest BCUT2D eigenvalue weighted by molar-refractivity contribution is 0.194. The molecule has 0 saturated carbocycles. The average Bonchev–Trinajstić information content (AvgIpc) is 2.18. The Labute approximate surface area is 99.1 Å². The standard InChI is InChI=1S/C10H21N2S2/c1-5-11(6-2)9(10(13)14)12(7-3)8-4/h5-8H2,1-4H3,(H,13,14). The van der Waals surface area contributed by atoms with Crippen molar-refractivity contribution in [2.45, 2.75) is 27.7 Å². The van der Waals surface area contributed by atoms with E-state index in [2.05, 4.69) is 50.1 Å². The number of rotatable bonds is 7. The molecule has 0 saturated heterocycles. The van der Waals surface area contributed by atoms with Crippen LogP contribution in [0.3, 0.4) is 0 Å². The van der Waals surface area contributed by atoms with Gasteiger partial charge in [0.1, 0.15) is 0 Å². The van der Waals surface area contributed by atoms with E-state index < -0.39 is 0 Å². The molecule has 1 radical (unpaired) electrons. The second-order valence-electron chi connectivity index (χ2n) is 2.97. The van der Waals surface area contributed by atoms with Crippen molar-refractivity contribution in [3.8, 4) is 0 Å². The Morgan fingerprint density at radius 2 is 1.21 bits per heavy atom. The summed E-state index contributed by atoms with van der Waals surface area (Å²) in [6.45, 7) is 12.5. The maximum absolute atomic E-state index is 5.18. The van der Waals surface area contributed by atoms with Gasteiger partial charge in [-0.25, -0.2) is 0 Å². The fraction of sp³-hybridized carbons (Fsp3) is 0.800. The van der Waals surface area contributed by atoms with E-state index in [1.807, 2.05) is 0 Å². The van der Waals surface area contributed by atoms with Crippen LogP contribution in [0.2, 0.25) is 0 Å². The maximum atomic E-state index is 5.18. The van der Waals surface area contributed by atoms with Gasteiger partial charge in [0.05, 0.1) is 4.20 Å². The van der Waals surface area contributed by atoms with E-state index in [1.54, 1.807) is 0 Å². The molecule has 14 heavy (non-hydrogen) atoms. The predicted octanol–water partition coefficient (Wildman–Crippen LogP) is 2.42. The Kier molecular flexibility index (Phi) is 7.82. The summed E-state index contributed by atoms with van der Waals surface area (Å²) in [5.74, 6) is 0. The topological polar surface area (TPSA) is 6.48 Å². The van der Waals surface area contributed by atoms with Crippen LogP contribution in [-0.2, 0) is 0 Å². The van der Waals surface area contributed by atoms with Crippen LogP contribution in [-0.4, -0.2) is 40.2 Å². The van der Waals surface area contributed by atoms with Crippen LogP contribution in [0.15, 0.2) is 0 Å². The molecule has 0 rings (SSSR count). The molecule has 0 aliphatic carbocycles. The van der Waals surface area contributed by atoms with Crippen LogP contribution in [0.25, 0.3) is 0 Å². The summed E-state index contributed by atoms with van der Waals surface area (Å²) >= 11 is 9.48. The summed E-state index contributed by atoms with van der Waals surface area (Å²) in [5, 5.41) is 0. The van der Waals surface area contributed by atoms with Gasteiger partial charge in [0.25, 0.3) is 0 Å². The van der Waals surface area contributed by atoms with E-state index in [0.29, 0.717) is 4.20 Å². The van der Waals surface area contributed by atoms with Gasteiger partial charge >= 0.3 is 0 Å². The van der Waals surface area contributed by atoms with Crippen molar-refractivity contribution in [3.05, 3.63) is 6.17 Å². The molecule has 0 heterocycles. The molecule has 2 nitrogen and oxygen atoms in total. The van der Waals surface area contributed by atoms with Crippen molar-refractivity contribution in [1.29, 1.82) is 0 Å². The maximum Gasteiger partial charge on any atom is 0.155 e. The lowest BCUT2D eigenvalue weighted by Gasteiger charge is -2.35. The Balaban J connectivity index is 4.62. The van der Waals surface area contributed by atoms with Crippen molar-refractivity contribution in [3.63, 3.8) is 0 Å². The number of nitrogens with zero attached hydrogens (tertiary/aromatic N) is 2. The molecule has 0 fully saturated rings. The monoisotopic (exact) mass is 233 g/mol. The van der Waals surface area contributed by atoms with E-state index in [0.717, 1.165) is 32.3 Å². The van der Waals surface area contributed by atoms with Gasteiger partial charge in [-0.05, 0) is 26.2 Å². The smallest absolute Gasteiger partial charge is 0.155 e. The number of hydrogen-bond donors (Lipinski definition) is 1. The Hall–Kier alpha value is 0.360. The van der Waals surface area contributed by atoms with Crippen molar-refractivity contribution in [2.24, 2.45) is 0 Å². The fourth-order valence-corrected chi connectivity index (χ4v) is 2.06. The average molecular weight is 233 g/mol. The highest BCUT2D eigenvalue weighted by atomic mass is 32.1. The lowest BCUT2D eigenvalue weighted by atomic mass is 10.3. The van der Waals surface area contributed by atoms with E-state index in [4.69, 9.17) is 12.2 Å². The van der Waals surface area contributed by atoms with E-state index in [1.165, 1.54) is 0 Å². The highest BCUT2D eigenvalue weighted by Crippen LogP contribution is 2.18. The first-order valence-electron chi connectivity index (χ1n) is 5.22. The third kappa shape index (κ3) is 3.85. The van der Waals surface area contributed by atoms with Gasteiger partial charge in [-0.2, -0.15) is 0 Å². The van der Waals surface area contributed by atoms with Crippen molar-refractivity contribution in [2.75, 3.05) is 26.2 Å². The Bertz CT molecular complexity index is 154. The molecule has 0 amide bonds. The normalized spacial score (nSPS) is 11.7. The highest BCUT2D eigenvalue weighted by Gasteiger charge is 2.24. The van der Waals surface area contributed by atoms with Crippen LogP contribution in [0.5, 0.6) is 0 Å². The van der Waals surface area contributed by atoms with Crippen LogP contribution < -0.4 is 0 Å². The first-order chi connectivity index (χ1) is 6.62. The van der Waals surface area contributed by atoms with Gasteiger partial charge in [0, 0.05) is 0 Å². The molecular formula is C10H21N2S2. The SMILES string of the molecule is CCN(CC)[C](C(=S)S)N(CC)CC. The van der Waals surface area contributed by atoms with Crippen LogP contribution in [0.1, 0.15) is 27.7 Å². The number of thiol groups is 1. The zero-order chi connectivity index (χ0) is 11.1. The third-order valence-corrected chi connectivity index (χ3v) is 2.70. The van der Waals surface area contributed by atoms with Crippen molar-refractivity contribution >= 4 is 29.0 Å². The van der Waals surface area contributed by atoms with Crippen molar-refractivity contribution < 1.29 is 0 Å². The molecule has 0 aromatic heterocycles. The van der Waals surface area contributed by atoms with Crippen LogP contribution >= 0.6 is 24.8 Å². The lowest BCUT2D eigenvalue weighted by Crippen LogP contribution is -2.44. The van der Waals surface area contributed by atoms with E-state index >= 15 is 0 Å². The fourth-order valence-electron chi connectivity index (χ4n) is 1.52. The molecule has 0 aliphatic heterocycles. The molecule has 0 spiro atoms. The predicted molar refractivity (Wildman–Crippen MR) is 70.7 cm³/mol. The molecule has 0 aromatic carbocycles. The van der Waals surface area contributed by atoms with Gasteiger partial charge < -0.3 is 0 Å². The molecule has 0 aliphatic rings. The van der Waals surface area contributed by atoms with Gasteiger partial charge in [0.2, 0.25) is 0 Å². The summed E-state index contributed by atoms with van der Waals surface area (Å²) in [6.07, 6.45) is 1.10. The van der Waals surface area contributed by atoms with Crippen LogP contribution in [0.4, 0.5) is 0 Å². The van der Waals surface area contributed by atoms with E-state index in [9.17, 15) is 0 Å². The second-order valence-corrected chi connectivity index (χ2v) is 4.13. The van der Waals surface area contributed by atoms with Gasteiger partial charge in [-0.15, -0.1) is 12.6 Å². The number of thiocarbonyl (C=S) groups is 1. The first-order valence-corrected chi connectivity index (χ1v) is 6.07. The molecular weight excluding hydrogens is 212 g/mol. The summed E-state index contributed by atoms with van der Waals surface area (Å²) in [7, 11) is 0. The second kappa shape index (κ2) is 7.63. The van der Waals surface area contributed by atoms with Crippen LogP contribution in [0, 0.1) is 6.17 Å². The summed E-state index contributed by atoms with van der Waals surface area (Å²) in [4.78, 5) is 4.50. The van der Waals surface area contributed by atoms with Gasteiger partial charge in [0.15, 0.2) is 6.17 Å². The zero-order valence-corrected chi connectivity index (χ0v) is 11.3. The molecule has 0 unspecified atom stereocenters. The minimum Gasteiger partial charge on any atom is -0.278 e. The Morgan fingerprint density at radius 3 is 1.36 bits per heavy atom. The minimum atomic E-state index is 0.692. The Morgan fingerprint density at radius 1 is 0.929 bits per heavy atom. The molecule has 0 atom stereocenters. The van der Waals surface area contributed by atoms with Gasteiger partial charge in [-0.1, -0.05) is 39.9 Å². The third-order valence-electron chi connectivity index (χ3n) is 2.32. The largest absolute Gasteiger partial charge is 0.278 e. The zero-order valence-electron chi connectivity index (χ0n) is 9.58. The molecule has 0 bridgehead atoms. The van der Waals surface area contributed by atoms with Gasteiger partial charge in [-0.3, -0.25) is 9.80 Å². The number of hydrogen-bond acceptors (Lipinski definition) is 3. The molecule has 0 N–H and O–H groups in total. The summed E-state index contributed by atoms with van der Waals surface area (Å²) in [5.41, 5.74) is 0. The highest BCUT2D eigenvalue weighted by molar-refractivity contribution is 8.11. The molecule has 4 heteroatoms. The first kappa shape index (κ1) is 14.4. The van der Waals surface area contributed by atoms with E-state index in [-0.39, 0.29) is 0 Å². The molecule has 83 valence electrons. The molecule has 0 aromatic rings. The van der Waals surface area contributed by atoms with Crippen molar-refractivity contribution in [1.82, 2.24) is 9.80 Å². The quantitative estimate of drug-likeness (QED) is 0.533.